The molecule has 1 fully saturated rings. The van der Waals surface area contributed by atoms with Crippen molar-refractivity contribution >= 4 is 40.3 Å². The van der Waals surface area contributed by atoms with Crippen molar-refractivity contribution in [3.05, 3.63) is 95.3 Å². The monoisotopic (exact) mass is 638 g/mol. The van der Waals surface area contributed by atoms with E-state index in [4.69, 9.17) is 4.74 Å². The quantitative estimate of drug-likeness (QED) is 0.205. The number of carbonyl (C=O) groups is 2. The van der Waals surface area contributed by atoms with Crippen LogP contribution in [0.5, 0.6) is 5.75 Å². The molecule has 1 aliphatic rings. The Bertz CT molecular complexity index is 1710. The van der Waals surface area contributed by atoms with Gasteiger partial charge >= 0.3 is 12.4 Å². The average Bonchev–Trinajstić information content (AvgIpc) is 3.62. The van der Waals surface area contributed by atoms with Crippen molar-refractivity contribution < 1.29 is 32.2 Å². The number of methoxy groups -OCH3 is 1. The second-order valence-electron chi connectivity index (χ2n) is 10.2. The smallest absolute Gasteiger partial charge is 0.406 e. The molecule has 2 heterocycles. The van der Waals surface area contributed by atoms with E-state index in [1.54, 1.807) is 19.2 Å². The Kier molecular flexibility index (Phi) is 9.54. The van der Waals surface area contributed by atoms with Crippen molar-refractivity contribution in [2.24, 2.45) is 4.99 Å². The third kappa shape index (κ3) is 8.08. The minimum absolute atomic E-state index is 0.00804. The van der Waals surface area contributed by atoms with Crippen LogP contribution in [0, 0.1) is 6.92 Å². The number of aliphatic imine (C=N–C) groups is 1. The number of thioether (sulfide) groups is 1. The molecule has 0 spiro atoms. The molecule has 2 atom stereocenters. The molecule has 234 valence electrons. The summed E-state index contributed by atoms with van der Waals surface area (Å²) in [5.74, 6) is -0.410. The van der Waals surface area contributed by atoms with E-state index < -0.39 is 18.3 Å². The molecule has 5 rings (SSSR count). The molecule has 1 aliphatic heterocycles. The number of ether oxygens (including phenoxy) is 2. The predicted molar refractivity (Wildman–Crippen MR) is 165 cm³/mol. The normalized spacial score (nSPS) is 16.5. The summed E-state index contributed by atoms with van der Waals surface area (Å²) in [6.07, 6.45) is -3.56. The lowest BCUT2D eigenvalue weighted by Crippen LogP contribution is -2.18. The highest BCUT2D eigenvalue weighted by atomic mass is 32.2. The van der Waals surface area contributed by atoms with E-state index in [2.05, 4.69) is 30.4 Å². The Morgan fingerprint density at radius 3 is 2.56 bits per heavy atom. The number of hydrogen-bond donors (Lipinski definition) is 2. The van der Waals surface area contributed by atoms with Gasteiger partial charge in [0.2, 0.25) is 5.95 Å². The van der Waals surface area contributed by atoms with Gasteiger partial charge in [-0.2, -0.15) is 4.99 Å². The van der Waals surface area contributed by atoms with E-state index in [1.807, 2.05) is 44.2 Å². The van der Waals surface area contributed by atoms with Gasteiger partial charge in [0, 0.05) is 19.3 Å². The zero-order valence-electron chi connectivity index (χ0n) is 24.5. The van der Waals surface area contributed by atoms with Crippen molar-refractivity contribution in [2.45, 2.75) is 38.8 Å². The molecule has 10 nitrogen and oxygen atoms in total. The van der Waals surface area contributed by atoms with Crippen LogP contribution < -0.4 is 15.4 Å². The van der Waals surface area contributed by atoms with Crippen LogP contribution in [0.1, 0.15) is 41.2 Å². The summed E-state index contributed by atoms with van der Waals surface area (Å²) in [5.41, 5.74) is 4.60. The summed E-state index contributed by atoms with van der Waals surface area (Å²) in [6, 6.07) is 17.6. The summed E-state index contributed by atoms with van der Waals surface area (Å²) in [5, 5.41) is 10.6. The molecule has 1 saturated heterocycles. The van der Waals surface area contributed by atoms with Gasteiger partial charge < -0.3 is 20.1 Å². The summed E-state index contributed by atoms with van der Waals surface area (Å²) in [6.45, 7) is 4.24. The molecule has 2 N–H and O–H groups in total. The van der Waals surface area contributed by atoms with Crippen LogP contribution in [0.4, 0.5) is 29.6 Å². The Balaban J connectivity index is 1.18. The highest BCUT2D eigenvalue weighted by molar-refractivity contribution is 8.15. The van der Waals surface area contributed by atoms with Gasteiger partial charge in [-0.05, 0) is 66.9 Å². The molecule has 0 aliphatic carbocycles. The number of aryl methyl sites for hydroxylation is 1. The molecular weight excluding hydrogens is 609 g/mol. The molecule has 45 heavy (non-hydrogen) atoms. The first-order chi connectivity index (χ1) is 21.5. The Morgan fingerprint density at radius 2 is 1.87 bits per heavy atom. The van der Waals surface area contributed by atoms with Gasteiger partial charge in [0.15, 0.2) is 5.78 Å². The summed E-state index contributed by atoms with van der Waals surface area (Å²) in [7, 11) is 1.61. The van der Waals surface area contributed by atoms with E-state index in [0.29, 0.717) is 28.9 Å². The summed E-state index contributed by atoms with van der Waals surface area (Å²) in [4.78, 5) is 34.2. The number of halogens is 3. The van der Waals surface area contributed by atoms with Gasteiger partial charge in [0.25, 0.3) is 0 Å². The summed E-state index contributed by atoms with van der Waals surface area (Å²) >= 11 is 1.27. The van der Waals surface area contributed by atoms with Gasteiger partial charge in [-0.15, -0.1) is 30.0 Å². The Morgan fingerprint density at radius 1 is 1.13 bits per heavy atom. The zero-order valence-corrected chi connectivity index (χ0v) is 25.3. The van der Waals surface area contributed by atoms with Crippen LogP contribution in [0.15, 0.2) is 78.0 Å². The number of hydrogen-bond acceptors (Lipinski definition) is 8. The van der Waals surface area contributed by atoms with Crippen LogP contribution in [-0.4, -0.2) is 50.8 Å². The fraction of sp³-hybridized carbons (Fsp3) is 0.258. The first kappa shape index (κ1) is 31.7. The number of rotatable bonds is 9. The zero-order chi connectivity index (χ0) is 32.1. The highest BCUT2D eigenvalue weighted by Crippen LogP contribution is 2.37. The second-order valence-corrected chi connectivity index (χ2v) is 11.2. The molecule has 1 aromatic heterocycles. The van der Waals surface area contributed by atoms with Crippen LogP contribution >= 0.6 is 11.8 Å². The number of Topliss-reactive ketones (excluding diaryl/α,β-unsaturated/α-hetero) is 1. The lowest BCUT2D eigenvalue weighted by atomic mass is 9.89. The van der Waals surface area contributed by atoms with Crippen molar-refractivity contribution in [1.82, 2.24) is 14.8 Å². The minimum Gasteiger partial charge on any atom is -0.406 e. The lowest BCUT2D eigenvalue weighted by molar-refractivity contribution is -0.274. The maximum Gasteiger partial charge on any atom is 0.573 e. The number of alkyl halides is 3. The predicted octanol–water partition coefficient (Wildman–Crippen LogP) is 6.82. The molecule has 2 amide bonds. The van der Waals surface area contributed by atoms with Crippen LogP contribution in [0.2, 0.25) is 0 Å². The number of carbonyl (C=O) groups excluding carboxylic acids is 2. The first-order valence-electron chi connectivity index (χ1n) is 13.8. The topological polar surface area (TPSA) is 120 Å². The molecule has 14 heteroatoms. The van der Waals surface area contributed by atoms with Gasteiger partial charge in [-0.1, -0.05) is 35.9 Å². The van der Waals surface area contributed by atoms with Gasteiger partial charge in [0.1, 0.15) is 12.1 Å². The van der Waals surface area contributed by atoms with Crippen molar-refractivity contribution in [3.63, 3.8) is 0 Å². The molecule has 0 saturated carbocycles. The molecule has 2 unspecified atom stereocenters. The largest absolute Gasteiger partial charge is 0.573 e. The van der Waals surface area contributed by atoms with Crippen molar-refractivity contribution in [3.8, 4) is 11.4 Å². The SMILES string of the molecule is COC(C)c1ccc(C)cc1C1C(=O)CSC1=NC(=O)Nc1ccc(CNc2ncn(-c3ccc(OC(F)(F)F)cc3)n2)cc1. The van der Waals surface area contributed by atoms with Crippen LogP contribution in [-0.2, 0) is 16.1 Å². The third-order valence-electron chi connectivity index (χ3n) is 6.97. The average molecular weight is 639 g/mol. The van der Waals surface area contributed by atoms with E-state index in [-0.39, 0.29) is 23.4 Å². The first-order valence-corrected chi connectivity index (χ1v) is 14.8. The molecule has 4 aromatic rings. The highest BCUT2D eigenvalue weighted by Gasteiger charge is 2.36. The Hall–Kier alpha value is -4.69. The van der Waals surface area contributed by atoms with Crippen molar-refractivity contribution in [2.75, 3.05) is 23.5 Å². The van der Waals surface area contributed by atoms with Gasteiger partial charge in [-0.25, -0.2) is 14.5 Å². The number of aromatic nitrogens is 3. The third-order valence-corrected chi connectivity index (χ3v) is 8.02. The number of ketones is 1. The van der Waals surface area contributed by atoms with Gasteiger partial charge in [-0.3, -0.25) is 4.79 Å². The standard InChI is InChI=1S/C31H29F3N6O4S/c1-18-4-13-24(19(2)43-3)25(14-18)27-26(41)16-45-28(27)38-30(42)37-21-7-5-20(6-8-21)15-35-29-36-17-40(39-29)22-9-11-23(12-10-22)44-31(32,33)34/h4-14,17,19,27H,15-16H2,1-3H3,(H,35,39)(H,37,42). The number of benzene rings is 3. The lowest BCUT2D eigenvalue weighted by Gasteiger charge is -2.19. The number of amides is 2. The Labute approximate surface area is 261 Å². The van der Waals surface area contributed by atoms with E-state index in [1.165, 1.54) is 47.0 Å². The maximum atomic E-state index is 12.9. The van der Waals surface area contributed by atoms with E-state index >= 15 is 0 Å². The number of urea groups is 1. The fourth-order valence-electron chi connectivity index (χ4n) is 4.70. The second kappa shape index (κ2) is 13.5. The van der Waals surface area contributed by atoms with Crippen LogP contribution in [0.25, 0.3) is 5.69 Å². The van der Waals surface area contributed by atoms with E-state index in [9.17, 15) is 22.8 Å². The number of nitrogens with zero attached hydrogens (tertiary/aromatic N) is 4. The van der Waals surface area contributed by atoms with Crippen molar-refractivity contribution in [1.29, 1.82) is 0 Å². The van der Waals surface area contributed by atoms with Gasteiger partial charge in [0.05, 0.1) is 28.5 Å². The number of nitrogens with one attached hydrogen (secondary N) is 2. The fourth-order valence-corrected chi connectivity index (χ4v) is 5.73. The maximum absolute atomic E-state index is 12.9. The molecule has 0 bridgehead atoms. The summed E-state index contributed by atoms with van der Waals surface area (Å²) < 4.78 is 47.9. The van der Waals surface area contributed by atoms with E-state index in [0.717, 1.165) is 22.3 Å². The minimum atomic E-state index is -4.76. The number of anilines is 2. The molecule has 3 aromatic carbocycles. The molecule has 0 radical (unpaired) electrons. The van der Waals surface area contributed by atoms with Crippen LogP contribution in [0.3, 0.4) is 0 Å². The molecular formula is C31H29F3N6O4S.